The third-order valence-electron chi connectivity index (χ3n) is 3.97. The van der Waals surface area contributed by atoms with Gasteiger partial charge in [-0.3, -0.25) is 4.98 Å². The van der Waals surface area contributed by atoms with Gasteiger partial charge < -0.3 is 9.47 Å². The number of sulfonamides is 1. The van der Waals surface area contributed by atoms with E-state index in [1.54, 1.807) is 28.8 Å². The average Bonchev–Trinajstić information content (AvgIpc) is 3.29. The van der Waals surface area contributed by atoms with Crippen molar-refractivity contribution >= 4 is 10.0 Å². The molecule has 0 radical (unpaired) electrons. The summed E-state index contributed by atoms with van der Waals surface area (Å²) in [5, 5.41) is 0. The molecule has 120 valence electrons. The summed E-state index contributed by atoms with van der Waals surface area (Å²) in [6.07, 6.45) is 5.16. The lowest BCUT2D eigenvalue weighted by atomic mass is 10.3. The molecule has 1 aliphatic carbocycles. The van der Waals surface area contributed by atoms with Gasteiger partial charge in [-0.1, -0.05) is 6.07 Å². The van der Waals surface area contributed by atoms with Gasteiger partial charge in [0, 0.05) is 31.0 Å². The monoisotopic (exact) mass is 332 g/mol. The molecular weight excluding hydrogens is 316 g/mol. The van der Waals surface area contributed by atoms with Gasteiger partial charge in [0.15, 0.2) is 11.5 Å². The molecule has 0 spiro atoms. The van der Waals surface area contributed by atoms with Crippen molar-refractivity contribution in [3.8, 4) is 11.5 Å². The van der Waals surface area contributed by atoms with Crippen molar-refractivity contribution in [2.45, 2.75) is 30.3 Å². The zero-order valence-corrected chi connectivity index (χ0v) is 13.2. The van der Waals surface area contributed by atoms with Gasteiger partial charge in [-0.15, -0.1) is 0 Å². The van der Waals surface area contributed by atoms with E-state index < -0.39 is 10.0 Å². The molecule has 1 aromatic carbocycles. The molecule has 0 unspecified atom stereocenters. The zero-order chi connectivity index (χ0) is 15.9. The lowest BCUT2D eigenvalue weighted by Crippen LogP contribution is -2.32. The first kappa shape index (κ1) is 14.5. The summed E-state index contributed by atoms with van der Waals surface area (Å²) < 4.78 is 38.1. The van der Waals surface area contributed by atoms with E-state index in [-0.39, 0.29) is 17.7 Å². The third kappa shape index (κ3) is 2.77. The normalized spacial score (nSPS) is 16.7. The van der Waals surface area contributed by atoms with Crippen LogP contribution in [0.1, 0.15) is 18.4 Å². The minimum atomic E-state index is -3.59. The van der Waals surface area contributed by atoms with Gasteiger partial charge in [0.2, 0.25) is 16.8 Å². The largest absolute Gasteiger partial charge is 0.454 e. The number of rotatable bonds is 5. The predicted octanol–water partition coefficient (Wildman–Crippen LogP) is 2.16. The lowest BCUT2D eigenvalue weighted by Gasteiger charge is -2.22. The Kier molecular flexibility index (Phi) is 3.46. The molecule has 2 aliphatic rings. The van der Waals surface area contributed by atoms with Crippen LogP contribution in [-0.2, 0) is 16.6 Å². The number of fused-ring (bicyclic) bond motifs is 1. The fraction of sp³-hybridized carbons (Fsp3) is 0.312. The van der Waals surface area contributed by atoms with Crippen LogP contribution in [0, 0.1) is 0 Å². The molecule has 0 atom stereocenters. The van der Waals surface area contributed by atoms with Crippen LogP contribution in [0.3, 0.4) is 0 Å². The van der Waals surface area contributed by atoms with Crippen LogP contribution >= 0.6 is 0 Å². The van der Waals surface area contributed by atoms with Crippen LogP contribution in [-0.4, -0.2) is 30.5 Å². The molecule has 0 amide bonds. The summed E-state index contributed by atoms with van der Waals surface area (Å²) in [6, 6.07) is 8.51. The van der Waals surface area contributed by atoms with Crippen molar-refractivity contribution in [3.05, 3.63) is 48.3 Å². The van der Waals surface area contributed by atoms with Crippen molar-refractivity contribution < 1.29 is 17.9 Å². The molecule has 1 aliphatic heterocycles. The smallest absolute Gasteiger partial charge is 0.243 e. The third-order valence-corrected chi connectivity index (χ3v) is 5.86. The van der Waals surface area contributed by atoms with E-state index in [1.165, 1.54) is 6.07 Å². The molecule has 2 aromatic rings. The minimum absolute atomic E-state index is 0.0608. The van der Waals surface area contributed by atoms with Crippen LogP contribution in [0.5, 0.6) is 11.5 Å². The van der Waals surface area contributed by atoms with E-state index in [9.17, 15) is 8.42 Å². The zero-order valence-electron chi connectivity index (χ0n) is 12.4. The summed E-state index contributed by atoms with van der Waals surface area (Å²) in [7, 11) is -3.59. The van der Waals surface area contributed by atoms with E-state index in [0.29, 0.717) is 18.0 Å². The topological polar surface area (TPSA) is 68.7 Å². The van der Waals surface area contributed by atoms with Crippen molar-refractivity contribution in [1.29, 1.82) is 0 Å². The van der Waals surface area contributed by atoms with E-state index >= 15 is 0 Å². The fourth-order valence-electron chi connectivity index (χ4n) is 2.62. The quantitative estimate of drug-likeness (QED) is 0.839. The minimum Gasteiger partial charge on any atom is -0.454 e. The molecule has 7 heteroatoms. The van der Waals surface area contributed by atoms with Crippen LogP contribution < -0.4 is 9.47 Å². The highest BCUT2D eigenvalue weighted by Crippen LogP contribution is 2.38. The van der Waals surface area contributed by atoms with E-state index in [1.807, 2.05) is 12.1 Å². The summed E-state index contributed by atoms with van der Waals surface area (Å²) in [6.45, 7) is 0.455. The second kappa shape index (κ2) is 5.50. The molecule has 4 rings (SSSR count). The SMILES string of the molecule is O=S(=O)(c1ccc2c(c1)OCO2)N(Cc1cccnc1)C1CC1. The van der Waals surface area contributed by atoms with Gasteiger partial charge in [-0.25, -0.2) is 8.42 Å². The molecule has 1 fully saturated rings. The first-order valence-electron chi connectivity index (χ1n) is 7.45. The second-order valence-corrected chi connectivity index (χ2v) is 7.55. The summed E-state index contributed by atoms with van der Waals surface area (Å²) in [5.41, 5.74) is 0.878. The molecule has 0 bridgehead atoms. The number of ether oxygens (including phenoxy) is 2. The molecule has 0 N–H and O–H groups in total. The van der Waals surface area contributed by atoms with Gasteiger partial charge in [-0.2, -0.15) is 4.31 Å². The number of hydrogen-bond acceptors (Lipinski definition) is 5. The Morgan fingerprint density at radius 3 is 2.74 bits per heavy atom. The van der Waals surface area contributed by atoms with Crippen LogP contribution in [0.2, 0.25) is 0 Å². The predicted molar refractivity (Wildman–Crippen MR) is 82.6 cm³/mol. The number of aromatic nitrogens is 1. The summed E-state index contributed by atoms with van der Waals surface area (Å²) >= 11 is 0. The van der Waals surface area contributed by atoms with Gasteiger partial charge in [0.05, 0.1) is 4.90 Å². The van der Waals surface area contributed by atoms with Gasteiger partial charge in [0.25, 0.3) is 0 Å². The van der Waals surface area contributed by atoms with E-state index in [0.717, 1.165) is 18.4 Å². The van der Waals surface area contributed by atoms with Crippen LogP contribution in [0.4, 0.5) is 0 Å². The Bertz CT molecular complexity index is 819. The van der Waals surface area contributed by atoms with Gasteiger partial charge >= 0.3 is 0 Å². The van der Waals surface area contributed by atoms with Crippen molar-refractivity contribution in [1.82, 2.24) is 9.29 Å². The maximum absolute atomic E-state index is 13.0. The number of pyridine rings is 1. The first-order chi connectivity index (χ1) is 11.1. The lowest BCUT2D eigenvalue weighted by molar-refractivity contribution is 0.174. The highest BCUT2D eigenvalue weighted by molar-refractivity contribution is 7.89. The van der Waals surface area contributed by atoms with Crippen molar-refractivity contribution in [2.75, 3.05) is 6.79 Å². The molecule has 2 heterocycles. The van der Waals surface area contributed by atoms with Crippen LogP contribution in [0.15, 0.2) is 47.6 Å². The molecule has 1 saturated carbocycles. The van der Waals surface area contributed by atoms with E-state index in [2.05, 4.69) is 4.98 Å². The van der Waals surface area contributed by atoms with Crippen molar-refractivity contribution in [3.63, 3.8) is 0 Å². The van der Waals surface area contributed by atoms with Crippen molar-refractivity contribution in [2.24, 2.45) is 0 Å². The first-order valence-corrected chi connectivity index (χ1v) is 8.89. The Morgan fingerprint density at radius 2 is 2.00 bits per heavy atom. The highest BCUT2D eigenvalue weighted by Gasteiger charge is 2.38. The fourth-order valence-corrected chi connectivity index (χ4v) is 4.31. The standard InChI is InChI=1S/C16H16N2O4S/c19-23(20,14-5-6-15-16(8-14)22-11-21-15)18(13-3-4-13)10-12-2-1-7-17-9-12/h1-2,5-9,13H,3-4,10-11H2. The number of benzene rings is 1. The number of hydrogen-bond donors (Lipinski definition) is 0. The molecule has 6 nitrogen and oxygen atoms in total. The number of nitrogens with zero attached hydrogens (tertiary/aromatic N) is 2. The Balaban J connectivity index is 1.67. The Morgan fingerprint density at radius 1 is 1.17 bits per heavy atom. The summed E-state index contributed by atoms with van der Waals surface area (Å²) in [4.78, 5) is 4.30. The molecule has 1 aromatic heterocycles. The molecule has 0 saturated heterocycles. The maximum Gasteiger partial charge on any atom is 0.243 e. The van der Waals surface area contributed by atoms with Gasteiger partial charge in [-0.05, 0) is 36.6 Å². The molecular formula is C16H16N2O4S. The summed E-state index contributed by atoms with van der Waals surface area (Å²) in [5.74, 6) is 1.05. The van der Waals surface area contributed by atoms with E-state index in [4.69, 9.17) is 9.47 Å². The second-order valence-electron chi connectivity index (χ2n) is 5.66. The average molecular weight is 332 g/mol. The maximum atomic E-state index is 13.0. The van der Waals surface area contributed by atoms with Gasteiger partial charge in [0.1, 0.15) is 0 Å². The molecule has 23 heavy (non-hydrogen) atoms. The highest BCUT2D eigenvalue weighted by atomic mass is 32.2. The Labute approximate surface area is 134 Å². The Hall–Kier alpha value is -2.12. The van der Waals surface area contributed by atoms with Crippen LogP contribution in [0.25, 0.3) is 0 Å².